The number of hydrogen-bond donors (Lipinski definition) is 0. The van der Waals surface area contributed by atoms with Crippen molar-refractivity contribution in [2.45, 2.75) is 66.2 Å². The summed E-state index contributed by atoms with van der Waals surface area (Å²) in [5.41, 5.74) is 0. The molecule has 0 fully saturated rings. The molecule has 0 spiro atoms. The Kier molecular flexibility index (Phi) is 11.1. The monoisotopic (exact) mass is 286 g/mol. The van der Waals surface area contributed by atoms with Crippen LogP contribution in [-0.4, -0.2) is 25.2 Å². The molecule has 0 amide bonds. The van der Waals surface area contributed by atoms with Crippen LogP contribution in [0.4, 0.5) is 0 Å². The molecule has 118 valence electrons. The van der Waals surface area contributed by atoms with E-state index in [9.17, 15) is 9.59 Å². The molecule has 0 aliphatic rings. The van der Waals surface area contributed by atoms with E-state index in [2.05, 4.69) is 13.8 Å². The van der Waals surface area contributed by atoms with Crippen molar-refractivity contribution in [3.8, 4) is 0 Å². The number of esters is 2. The molecule has 0 rings (SSSR count). The fourth-order valence-electron chi connectivity index (χ4n) is 1.47. The fourth-order valence-corrected chi connectivity index (χ4v) is 1.47. The molecule has 20 heavy (non-hydrogen) atoms. The lowest BCUT2D eigenvalue weighted by atomic mass is 10.1. The van der Waals surface area contributed by atoms with Crippen LogP contribution >= 0.6 is 0 Å². The summed E-state index contributed by atoms with van der Waals surface area (Å²) in [7, 11) is 0. The average molecular weight is 286 g/mol. The third-order valence-electron chi connectivity index (χ3n) is 3.07. The highest BCUT2D eigenvalue weighted by molar-refractivity contribution is 5.69. The molecule has 0 aliphatic carbocycles. The van der Waals surface area contributed by atoms with Gasteiger partial charge in [0, 0.05) is 12.8 Å². The van der Waals surface area contributed by atoms with Crippen LogP contribution in [0.25, 0.3) is 0 Å². The minimum Gasteiger partial charge on any atom is -0.465 e. The second kappa shape index (κ2) is 11.7. The van der Waals surface area contributed by atoms with E-state index in [-0.39, 0.29) is 11.9 Å². The Morgan fingerprint density at radius 3 is 1.80 bits per heavy atom. The summed E-state index contributed by atoms with van der Waals surface area (Å²) < 4.78 is 10.2. The smallest absolute Gasteiger partial charge is 0.305 e. The number of hydrogen-bond acceptors (Lipinski definition) is 4. The highest BCUT2D eigenvalue weighted by Gasteiger charge is 2.07. The molecule has 4 heteroatoms. The van der Waals surface area contributed by atoms with E-state index in [0.717, 1.165) is 25.7 Å². The molecule has 0 aliphatic heterocycles. The molecule has 0 heterocycles. The Bertz CT molecular complexity index is 274. The van der Waals surface area contributed by atoms with Crippen molar-refractivity contribution in [1.82, 2.24) is 0 Å². The van der Waals surface area contributed by atoms with E-state index >= 15 is 0 Å². The summed E-state index contributed by atoms with van der Waals surface area (Å²) in [5, 5.41) is 0. The molecule has 0 radical (unpaired) electrons. The van der Waals surface area contributed by atoms with Gasteiger partial charge in [-0.05, 0) is 24.7 Å². The largest absolute Gasteiger partial charge is 0.465 e. The van der Waals surface area contributed by atoms with Gasteiger partial charge in [-0.1, -0.05) is 40.5 Å². The predicted octanol–water partition coefficient (Wildman–Crippen LogP) is 3.73. The van der Waals surface area contributed by atoms with Crippen LogP contribution < -0.4 is 0 Å². The van der Waals surface area contributed by atoms with E-state index < -0.39 is 0 Å². The molecule has 1 atom stereocenters. The number of carbonyl (C=O) groups is 2. The van der Waals surface area contributed by atoms with Crippen molar-refractivity contribution in [2.75, 3.05) is 13.2 Å². The zero-order chi connectivity index (χ0) is 15.4. The van der Waals surface area contributed by atoms with Crippen LogP contribution in [0.3, 0.4) is 0 Å². The lowest BCUT2D eigenvalue weighted by molar-refractivity contribution is -0.145. The highest BCUT2D eigenvalue weighted by Crippen LogP contribution is 2.07. The molecule has 0 saturated carbocycles. The Morgan fingerprint density at radius 1 is 0.850 bits per heavy atom. The van der Waals surface area contributed by atoms with Gasteiger partial charge in [-0.2, -0.15) is 0 Å². The summed E-state index contributed by atoms with van der Waals surface area (Å²) in [5.74, 6) is 0.527. The number of unbranched alkanes of at least 4 members (excludes halogenated alkanes) is 2. The first-order valence-corrected chi connectivity index (χ1v) is 7.76. The van der Waals surface area contributed by atoms with Gasteiger partial charge in [-0.25, -0.2) is 0 Å². The summed E-state index contributed by atoms with van der Waals surface area (Å²) in [6.07, 6.45) is 4.31. The summed E-state index contributed by atoms with van der Waals surface area (Å²) >= 11 is 0. The van der Waals surface area contributed by atoms with Gasteiger partial charge in [0.25, 0.3) is 0 Å². The fraction of sp³-hybridized carbons (Fsp3) is 0.875. The lowest BCUT2D eigenvalue weighted by Gasteiger charge is -2.09. The van der Waals surface area contributed by atoms with E-state index in [1.54, 1.807) is 0 Å². The SMILES string of the molecule is CCC(C)COC(=O)CCCCCC(=O)OCC(C)C. The topological polar surface area (TPSA) is 52.6 Å². The van der Waals surface area contributed by atoms with Gasteiger partial charge in [0.05, 0.1) is 13.2 Å². The van der Waals surface area contributed by atoms with E-state index in [1.807, 2.05) is 13.8 Å². The maximum atomic E-state index is 11.4. The predicted molar refractivity (Wildman–Crippen MR) is 79.3 cm³/mol. The standard InChI is InChI=1S/C16H30O4/c1-5-14(4)12-20-16(18)10-8-6-7-9-15(17)19-11-13(2)3/h13-14H,5-12H2,1-4H3. The van der Waals surface area contributed by atoms with Gasteiger partial charge in [0.1, 0.15) is 0 Å². The number of rotatable bonds is 11. The van der Waals surface area contributed by atoms with Gasteiger partial charge < -0.3 is 9.47 Å². The molecule has 0 aromatic heterocycles. The molecule has 4 nitrogen and oxygen atoms in total. The van der Waals surface area contributed by atoms with Gasteiger partial charge in [-0.15, -0.1) is 0 Å². The van der Waals surface area contributed by atoms with Crippen molar-refractivity contribution in [2.24, 2.45) is 11.8 Å². The Labute approximate surface area is 123 Å². The number of ether oxygens (including phenoxy) is 2. The summed E-state index contributed by atoms with van der Waals surface area (Å²) in [6, 6.07) is 0. The van der Waals surface area contributed by atoms with E-state index in [0.29, 0.717) is 37.9 Å². The van der Waals surface area contributed by atoms with Crippen LogP contribution in [0, 0.1) is 11.8 Å². The minimum atomic E-state index is -0.141. The molecular formula is C16H30O4. The minimum absolute atomic E-state index is 0.132. The molecule has 0 bridgehead atoms. The van der Waals surface area contributed by atoms with Crippen LogP contribution in [-0.2, 0) is 19.1 Å². The van der Waals surface area contributed by atoms with E-state index in [1.165, 1.54) is 0 Å². The maximum Gasteiger partial charge on any atom is 0.305 e. The Balaban J connectivity index is 3.43. The molecule has 0 N–H and O–H groups in total. The van der Waals surface area contributed by atoms with Crippen LogP contribution in [0.15, 0.2) is 0 Å². The Hall–Kier alpha value is -1.06. The Morgan fingerprint density at radius 2 is 1.35 bits per heavy atom. The third kappa shape index (κ3) is 12.0. The van der Waals surface area contributed by atoms with Crippen LogP contribution in [0.2, 0.25) is 0 Å². The molecule has 0 aromatic carbocycles. The zero-order valence-electron chi connectivity index (χ0n) is 13.4. The van der Waals surface area contributed by atoms with Gasteiger partial charge in [0.15, 0.2) is 0 Å². The summed E-state index contributed by atoms with van der Waals surface area (Å²) in [4.78, 5) is 22.8. The second-order valence-electron chi connectivity index (χ2n) is 5.83. The lowest BCUT2D eigenvalue weighted by Crippen LogP contribution is -2.11. The van der Waals surface area contributed by atoms with Gasteiger partial charge in [0.2, 0.25) is 0 Å². The van der Waals surface area contributed by atoms with Crippen molar-refractivity contribution in [3.05, 3.63) is 0 Å². The van der Waals surface area contributed by atoms with Crippen molar-refractivity contribution >= 4 is 11.9 Å². The second-order valence-corrected chi connectivity index (χ2v) is 5.83. The van der Waals surface area contributed by atoms with Crippen molar-refractivity contribution < 1.29 is 19.1 Å². The normalized spacial score (nSPS) is 12.2. The first kappa shape index (κ1) is 18.9. The summed E-state index contributed by atoms with van der Waals surface area (Å²) in [6.45, 7) is 9.17. The molecule has 1 unspecified atom stereocenters. The molecule has 0 saturated heterocycles. The maximum absolute atomic E-state index is 11.4. The van der Waals surface area contributed by atoms with Crippen LogP contribution in [0.5, 0.6) is 0 Å². The first-order chi connectivity index (χ1) is 9.45. The number of carbonyl (C=O) groups excluding carboxylic acids is 2. The zero-order valence-corrected chi connectivity index (χ0v) is 13.4. The van der Waals surface area contributed by atoms with E-state index in [4.69, 9.17) is 9.47 Å². The van der Waals surface area contributed by atoms with Crippen LogP contribution in [0.1, 0.15) is 66.2 Å². The third-order valence-corrected chi connectivity index (χ3v) is 3.07. The molecular weight excluding hydrogens is 256 g/mol. The van der Waals surface area contributed by atoms with Gasteiger partial charge in [-0.3, -0.25) is 9.59 Å². The first-order valence-electron chi connectivity index (χ1n) is 7.76. The molecule has 0 aromatic rings. The van der Waals surface area contributed by atoms with Crippen molar-refractivity contribution in [1.29, 1.82) is 0 Å². The average Bonchev–Trinajstić information content (AvgIpc) is 2.41. The van der Waals surface area contributed by atoms with Crippen molar-refractivity contribution in [3.63, 3.8) is 0 Å². The highest BCUT2D eigenvalue weighted by atomic mass is 16.5. The van der Waals surface area contributed by atoms with Gasteiger partial charge >= 0.3 is 11.9 Å². The quantitative estimate of drug-likeness (QED) is 0.429.